The van der Waals surface area contributed by atoms with Crippen LogP contribution >= 0.6 is 0 Å². The number of anilines is 1. The summed E-state index contributed by atoms with van der Waals surface area (Å²) in [6.07, 6.45) is 0.578. The molecule has 1 aromatic heterocycles. The summed E-state index contributed by atoms with van der Waals surface area (Å²) >= 11 is 0. The van der Waals surface area contributed by atoms with Gasteiger partial charge < -0.3 is 10.1 Å². The highest BCUT2D eigenvalue weighted by molar-refractivity contribution is 6.02. The Labute approximate surface area is 168 Å². The first-order chi connectivity index (χ1) is 13.9. The number of esters is 1. The second kappa shape index (κ2) is 8.65. The van der Waals surface area contributed by atoms with E-state index in [2.05, 4.69) is 10.3 Å². The number of para-hydroxylation sites is 1. The number of aromatic nitrogens is 1. The van der Waals surface area contributed by atoms with Crippen LogP contribution in [0, 0.1) is 6.92 Å². The van der Waals surface area contributed by atoms with Gasteiger partial charge in [-0.2, -0.15) is 0 Å². The summed E-state index contributed by atoms with van der Waals surface area (Å²) in [6.45, 7) is 4.83. The van der Waals surface area contributed by atoms with Gasteiger partial charge in [0.1, 0.15) is 0 Å². The van der Waals surface area contributed by atoms with Crippen molar-refractivity contribution in [2.75, 3.05) is 11.9 Å². The van der Waals surface area contributed by atoms with Crippen molar-refractivity contribution in [2.24, 2.45) is 0 Å². The number of hydrogen-bond acceptors (Lipinski definition) is 5. The van der Waals surface area contributed by atoms with E-state index in [9.17, 15) is 14.4 Å². The predicted molar refractivity (Wildman–Crippen MR) is 111 cm³/mol. The minimum atomic E-state index is -0.555. The fourth-order valence-electron chi connectivity index (χ4n) is 3.20. The van der Waals surface area contributed by atoms with Crippen molar-refractivity contribution in [1.82, 2.24) is 4.98 Å². The summed E-state index contributed by atoms with van der Waals surface area (Å²) < 4.78 is 5.31. The summed E-state index contributed by atoms with van der Waals surface area (Å²) in [6, 6.07) is 14.0. The predicted octanol–water partition coefficient (Wildman–Crippen LogP) is 4.10. The molecule has 0 radical (unpaired) electrons. The van der Waals surface area contributed by atoms with Crippen LogP contribution in [-0.4, -0.2) is 29.3 Å². The lowest BCUT2D eigenvalue weighted by molar-refractivity contribution is -0.114. The van der Waals surface area contributed by atoms with Crippen LogP contribution in [0.15, 0.2) is 48.5 Å². The lowest BCUT2D eigenvalue weighted by Crippen LogP contribution is -2.17. The molecule has 0 aliphatic rings. The standard InChI is InChI=1S/C23H22N2O4/c1-4-19-22(14(2)18-7-5-6-8-20(18)25-19)23(28)29-13-21(27)16-9-11-17(12-10-16)24-15(3)26/h5-12H,4,13H2,1-3H3,(H,24,26). The van der Waals surface area contributed by atoms with Gasteiger partial charge in [-0.1, -0.05) is 25.1 Å². The van der Waals surface area contributed by atoms with E-state index in [1.54, 1.807) is 24.3 Å². The number of carbonyl (C=O) groups excluding carboxylic acids is 3. The molecule has 2 aromatic carbocycles. The zero-order valence-electron chi connectivity index (χ0n) is 16.6. The van der Waals surface area contributed by atoms with Crippen molar-refractivity contribution in [3.63, 3.8) is 0 Å². The van der Waals surface area contributed by atoms with Gasteiger partial charge in [-0.25, -0.2) is 4.79 Å². The topological polar surface area (TPSA) is 85.4 Å². The molecule has 0 atom stereocenters. The molecule has 0 fully saturated rings. The van der Waals surface area contributed by atoms with Gasteiger partial charge in [0.15, 0.2) is 12.4 Å². The highest BCUT2D eigenvalue weighted by atomic mass is 16.5. The highest BCUT2D eigenvalue weighted by Crippen LogP contribution is 2.24. The summed E-state index contributed by atoms with van der Waals surface area (Å²) in [5.74, 6) is -1.07. The molecular weight excluding hydrogens is 368 g/mol. The molecule has 1 N–H and O–H groups in total. The van der Waals surface area contributed by atoms with E-state index in [1.165, 1.54) is 6.92 Å². The number of aryl methyl sites for hydroxylation is 2. The molecule has 0 aliphatic heterocycles. The summed E-state index contributed by atoms with van der Waals surface area (Å²) in [4.78, 5) is 40.8. The number of amides is 1. The number of carbonyl (C=O) groups is 3. The quantitative estimate of drug-likeness (QED) is 0.506. The van der Waals surface area contributed by atoms with E-state index < -0.39 is 5.97 Å². The molecule has 0 unspecified atom stereocenters. The zero-order chi connectivity index (χ0) is 21.0. The Morgan fingerprint density at radius 1 is 1.03 bits per heavy atom. The van der Waals surface area contributed by atoms with Gasteiger partial charge >= 0.3 is 5.97 Å². The van der Waals surface area contributed by atoms with Crippen molar-refractivity contribution < 1.29 is 19.1 Å². The Bertz CT molecular complexity index is 1090. The number of benzene rings is 2. The van der Waals surface area contributed by atoms with Gasteiger partial charge in [0.05, 0.1) is 16.8 Å². The van der Waals surface area contributed by atoms with Crippen molar-refractivity contribution in [3.8, 4) is 0 Å². The average Bonchev–Trinajstić information content (AvgIpc) is 2.71. The number of nitrogens with one attached hydrogen (secondary N) is 1. The SMILES string of the molecule is CCc1nc2ccccc2c(C)c1C(=O)OCC(=O)c1ccc(NC(C)=O)cc1. The maximum absolute atomic E-state index is 12.7. The first-order valence-electron chi connectivity index (χ1n) is 9.37. The Morgan fingerprint density at radius 3 is 2.38 bits per heavy atom. The fourth-order valence-corrected chi connectivity index (χ4v) is 3.20. The molecule has 0 saturated heterocycles. The van der Waals surface area contributed by atoms with Crippen LogP contribution in [-0.2, 0) is 16.0 Å². The third-order valence-electron chi connectivity index (χ3n) is 4.63. The number of rotatable bonds is 6. The Morgan fingerprint density at radius 2 is 1.72 bits per heavy atom. The minimum absolute atomic E-state index is 0.191. The normalized spacial score (nSPS) is 10.6. The second-order valence-corrected chi connectivity index (χ2v) is 6.69. The molecule has 1 amide bonds. The number of hydrogen-bond donors (Lipinski definition) is 1. The largest absolute Gasteiger partial charge is 0.454 e. The molecule has 3 aromatic rings. The Hall–Kier alpha value is -3.54. The molecule has 6 heteroatoms. The van der Waals surface area contributed by atoms with Gasteiger partial charge in [0.2, 0.25) is 5.91 Å². The summed E-state index contributed by atoms with van der Waals surface area (Å²) in [5, 5.41) is 3.52. The molecule has 0 saturated carbocycles. The highest BCUT2D eigenvalue weighted by Gasteiger charge is 2.20. The number of fused-ring (bicyclic) bond motifs is 1. The lowest BCUT2D eigenvalue weighted by atomic mass is 10.0. The van der Waals surface area contributed by atoms with E-state index in [0.29, 0.717) is 28.9 Å². The van der Waals surface area contributed by atoms with Crippen LogP contribution in [0.25, 0.3) is 10.9 Å². The van der Waals surface area contributed by atoms with Gasteiger partial charge in [-0.05, 0) is 49.2 Å². The third-order valence-corrected chi connectivity index (χ3v) is 4.63. The van der Waals surface area contributed by atoms with E-state index in [-0.39, 0.29) is 18.3 Å². The maximum Gasteiger partial charge on any atom is 0.340 e. The molecule has 29 heavy (non-hydrogen) atoms. The molecule has 148 valence electrons. The van der Waals surface area contributed by atoms with Gasteiger partial charge in [-0.3, -0.25) is 14.6 Å². The van der Waals surface area contributed by atoms with Crippen molar-refractivity contribution >= 4 is 34.3 Å². The van der Waals surface area contributed by atoms with Crippen molar-refractivity contribution in [2.45, 2.75) is 27.2 Å². The number of pyridine rings is 1. The lowest BCUT2D eigenvalue weighted by Gasteiger charge is -2.13. The van der Waals surface area contributed by atoms with E-state index >= 15 is 0 Å². The first kappa shape index (κ1) is 20.2. The monoisotopic (exact) mass is 390 g/mol. The van der Waals surface area contributed by atoms with Crippen molar-refractivity contribution in [3.05, 3.63) is 70.9 Å². The number of ether oxygens (including phenoxy) is 1. The maximum atomic E-state index is 12.7. The Kier molecular flexibility index (Phi) is 6.02. The van der Waals surface area contributed by atoms with Crippen molar-refractivity contribution in [1.29, 1.82) is 0 Å². The van der Waals surface area contributed by atoms with E-state index in [0.717, 1.165) is 16.5 Å². The number of Topliss-reactive ketones (excluding diaryl/α,β-unsaturated/α-hetero) is 1. The molecule has 0 aliphatic carbocycles. The van der Waals surface area contributed by atoms with Crippen LogP contribution < -0.4 is 5.32 Å². The van der Waals surface area contributed by atoms with Crippen LogP contribution in [0.5, 0.6) is 0 Å². The number of ketones is 1. The number of nitrogens with zero attached hydrogens (tertiary/aromatic N) is 1. The smallest absolute Gasteiger partial charge is 0.340 e. The molecule has 6 nitrogen and oxygen atoms in total. The van der Waals surface area contributed by atoms with Gasteiger partial charge in [-0.15, -0.1) is 0 Å². The molecule has 0 spiro atoms. The van der Waals surface area contributed by atoms with E-state index in [1.807, 2.05) is 38.1 Å². The van der Waals surface area contributed by atoms with Crippen LogP contribution in [0.1, 0.15) is 45.8 Å². The minimum Gasteiger partial charge on any atom is -0.454 e. The molecular formula is C23H22N2O4. The third kappa shape index (κ3) is 4.48. The zero-order valence-corrected chi connectivity index (χ0v) is 16.6. The van der Waals surface area contributed by atoms with Crippen LogP contribution in [0.3, 0.4) is 0 Å². The van der Waals surface area contributed by atoms with Crippen LogP contribution in [0.2, 0.25) is 0 Å². The molecule has 1 heterocycles. The van der Waals surface area contributed by atoms with Crippen LogP contribution in [0.4, 0.5) is 5.69 Å². The van der Waals surface area contributed by atoms with E-state index in [4.69, 9.17) is 4.74 Å². The molecule has 3 rings (SSSR count). The second-order valence-electron chi connectivity index (χ2n) is 6.69. The molecule has 0 bridgehead atoms. The summed E-state index contributed by atoms with van der Waals surface area (Å²) in [7, 11) is 0. The Balaban J connectivity index is 1.76. The van der Waals surface area contributed by atoms with Gasteiger partial charge in [0.25, 0.3) is 0 Å². The summed E-state index contributed by atoms with van der Waals surface area (Å²) in [5.41, 5.74) is 3.68. The fraction of sp³-hybridized carbons (Fsp3) is 0.217. The first-order valence-corrected chi connectivity index (χ1v) is 9.37. The average molecular weight is 390 g/mol. The van der Waals surface area contributed by atoms with Gasteiger partial charge in [0, 0.05) is 23.6 Å².